The van der Waals surface area contributed by atoms with E-state index in [2.05, 4.69) is 5.32 Å². The van der Waals surface area contributed by atoms with E-state index in [0.717, 1.165) is 35.6 Å². The Labute approximate surface area is 167 Å². The summed E-state index contributed by atoms with van der Waals surface area (Å²) < 4.78 is 64.0. The Bertz CT molecular complexity index is 1030. The second-order valence-corrected chi connectivity index (χ2v) is 10.1. The number of carbonyl (C=O) groups is 1. The van der Waals surface area contributed by atoms with Crippen LogP contribution in [0.2, 0.25) is 0 Å². The molecule has 4 nitrogen and oxygen atoms in total. The van der Waals surface area contributed by atoms with Crippen LogP contribution in [0.25, 0.3) is 0 Å². The van der Waals surface area contributed by atoms with E-state index in [0.29, 0.717) is 4.88 Å². The van der Waals surface area contributed by atoms with Gasteiger partial charge in [0, 0.05) is 17.0 Å². The van der Waals surface area contributed by atoms with Gasteiger partial charge >= 0.3 is 6.18 Å². The van der Waals surface area contributed by atoms with Crippen LogP contribution in [0.3, 0.4) is 0 Å². The smallest absolute Gasteiger partial charge is 0.350 e. The van der Waals surface area contributed by atoms with E-state index in [-0.39, 0.29) is 16.3 Å². The van der Waals surface area contributed by atoms with Gasteiger partial charge in [0.25, 0.3) is 5.91 Å². The lowest BCUT2D eigenvalue weighted by Gasteiger charge is -2.16. The fraction of sp³-hybridized carbons (Fsp3) is 0.167. The predicted octanol–water partition coefficient (Wildman–Crippen LogP) is 4.77. The van der Waals surface area contributed by atoms with E-state index in [1.54, 1.807) is 29.0 Å². The first-order valence-electron chi connectivity index (χ1n) is 7.96. The molecule has 0 saturated carbocycles. The van der Waals surface area contributed by atoms with Gasteiger partial charge < -0.3 is 5.32 Å². The van der Waals surface area contributed by atoms with Crippen LogP contribution < -0.4 is 5.32 Å². The second-order valence-electron chi connectivity index (χ2n) is 5.77. The van der Waals surface area contributed by atoms with Gasteiger partial charge in [-0.15, -0.1) is 22.7 Å². The monoisotopic (exact) mass is 445 g/mol. The molecule has 1 amide bonds. The largest absolute Gasteiger partial charge is 0.416 e. The summed E-state index contributed by atoms with van der Waals surface area (Å²) in [4.78, 5) is 12.9. The van der Waals surface area contributed by atoms with E-state index in [1.165, 1.54) is 17.4 Å². The standard InChI is InChI=1S/C18H14F3NO3S3/c19-18(20,21)13-7-5-12(6-8-13)17(23)22-11-15(14-3-1-9-26-14)28(24,25)16-4-2-10-27-16/h1-10,15H,11H2,(H,22,23)/t15-/m1/s1. The average molecular weight is 446 g/mol. The summed E-state index contributed by atoms with van der Waals surface area (Å²) >= 11 is 2.34. The van der Waals surface area contributed by atoms with Gasteiger partial charge in [-0.2, -0.15) is 13.2 Å². The number of halogens is 3. The van der Waals surface area contributed by atoms with Gasteiger partial charge in [0.2, 0.25) is 0 Å². The molecule has 10 heteroatoms. The highest BCUT2D eigenvalue weighted by Gasteiger charge is 2.32. The molecule has 0 fully saturated rings. The SMILES string of the molecule is O=C(NC[C@H](c1cccs1)S(=O)(=O)c1cccs1)c1ccc(C(F)(F)F)cc1. The number of nitrogens with one attached hydrogen (secondary N) is 1. The fourth-order valence-electron chi connectivity index (χ4n) is 2.50. The third-order valence-electron chi connectivity index (χ3n) is 3.93. The van der Waals surface area contributed by atoms with Crippen molar-refractivity contribution in [1.82, 2.24) is 5.32 Å². The van der Waals surface area contributed by atoms with Crippen molar-refractivity contribution in [3.05, 3.63) is 75.3 Å². The van der Waals surface area contributed by atoms with Crippen LogP contribution in [0.1, 0.15) is 26.0 Å². The Hall–Kier alpha value is -2.17. The molecule has 0 bridgehead atoms. The molecule has 1 N–H and O–H groups in total. The number of rotatable bonds is 6. The summed E-state index contributed by atoms with van der Waals surface area (Å²) in [5, 5.41) is 4.94. The van der Waals surface area contributed by atoms with Gasteiger partial charge in [-0.3, -0.25) is 4.79 Å². The van der Waals surface area contributed by atoms with Crippen molar-refractivity contribution in [3.8, 4) is 0 Å². The molecule has 3 rings (SSSR count). The Morgan fingerprint density at radius 2 is 1.64 bits per heavy atom. The third kappa shape index (κ3) is 4.45. The van der Waals surface area contributed by atoms with Crippen LogP contribution in [0.4, 0.5) is 13.2 Å². The first kappa shape index (κ1) is 20.6. The number of amides is 1. The lowest BCUT2D eigenvalue weighted by molar-refractivity contribution is -0.137. The number of hydrogen-bond acceptors (Lipinski definition) is 5. The summed E-state index contributed by atoms with van der Waals surface area (Å²) in [6.45, 7) is -0.194. The van der Waals surface area contributed by atoms with E-state index < -0.39 is 32.7 Å². The lowest BCUT2D eigenvalue weighted by atomic mass is 10.1. The van der Waals surface area contributed by atoms with E-state index >= 15 is 0 Å². The minimum absolute atomic E-state index is 0.0199. The van der Waals surface area contributed by atoms with Crippen molar-refractivity contribution in [3.63, 3.8) is 0 Å². The van der Waals surface area contributed by atoms with E-state index in [1.807, 2.05) is 0 Å². The first-order valence-corrected chi connectivity index (χ1v) is 11.3. The number of sulfone groups is 1. The van der Waals surface area contributed by atoms with Gasteiger partial charge in [-0.25, -0.2) is 8.42 Å². The molecule has 2 heterocycles. The summed E-state index contributed by atoms with van der Waals surface area (Å²) in [5.41, 5.74) is -0.841. The molecule has 1 aromatic carbocycles. The molecule has 2 aromatic heterocycles. The van der Waals surface area contributed by atoms with Crippen LogP contribution >= 0.6 is 22.7 Å². The van der Waals surface area contributed by atoms with Gasteiger partial charge in [0.1, 0.15) is 9.46 Å². The molecule has 0 saturated heterocycles. The van der Waals surface area contributed by atoms with Gasteiger partial charge in [-0.1, -0.05) is 12.1 Å². The van der Waals surface area contributed by atoms with Crippen LogP contribution in [-0.2, 0) is 16.0 Å². The van der Waals surface area contributed by atoms with Gasteiger partial charge in [0.05, 0.1) is 5.56 Å². The average Bonchev–Trinajstić information content (AvgIpc) is 3.35. The van der Waals surface area contributed by atoms with Crippen LogP contribution in [0.5, 0.6) is 0 Å². The number of carbonyl (C=O) groups excluding carboxylic acids is 1. The molecule has 0 radical (unpaired) electrons. The topological polar surface area (TPSA) is 63.2 Å². The zero-order chi connectivity index (χ0) is 20.4. The highest BCUT2D eigenvalue weighted by Crippen LogP contribution is 2.33. The lowest BCUT2D eigenvalue weighted by Crippen LogP contribution is -2.31. The highest BCUT2D eigenvalue weighted by atomic mass is 32.2. The first-order chi connectivity index (χ1) is 13.2. The minimum atomic E-state index is -4.49. The predicted molar refractivity (Wildman–Crippen MR) is 102 cm³/mol. The highest BCUT2D eigenvalue weighted by molar-refractivity contribution is 7.93. The Morgan fingerprint density at radius 1 is 1.00 bits per heavy atom. The van der Waals surface area contributed by atoms with Crippen LogP contribution in [0, 0.1) is 0 Å². The summed E-state index contributed by atoms with van der Waals surface area (Å²) in [7, 11) is -3.72. The maximum atomic E-state index is 12.9. The number of benzene rings is 1. The molecule has 0 aliphatic heterocycles. The molecular weight excluding hydrogens is 431 g/mol. The van der Waals surface area contributed by atoms with Crippen molar-refractivity contribution in [2.45, 2.75) is 15.6 Å². The Kier molecular flexibility index (Phi) is 5.92. The molecular formula is C18H14F3NO3S3. The Morgan fingerprint density at radius 3 is 2.18 bits per heavy atom. The van der Waals surface area contributed by atoms with Crippen molar-refractivity contribution in [2.24, 2.45) is 0 Å². The zero-order valence-corrected chi connectivity index (χ0v) is 16.6. The van der Waals surface area contributed by atoms with Crippen molar-refractivity contribution in [2.75, 3.05) is 6.54 Å². The molecule has 0 unspecified atom stereocenters. The molecule has 148 valence electrons. The summed E-state index contributed by atoms with van der Waals surface area (Å²) in [6, 6.07) is 10.3. The van der Waals surface area contributed by atoms with Crippen LogP contribution in [-0.4, -0.2) is 20.9 Å². The summed E-state index contributed by atoms with van der Waals surface area (Å²) in [6.07, 6.45) is -4.49. The number of thiophene rings is 2. The van der Waals surface area contributed by atoms with Crippen molar-refractivity contribution < 1.29 is 26.4 Å². The van der Waals surface area contributed by atoms with Crippen molar-refractivity contribution >= 4 is 38.4 Å². The van der Waals surface area contributed by atoms with Crippen LogP contribution in [0.15, 0.2) is 63.5 Å². The third-order valence-corrected chi connectivity index (χ3v) is 8.58. The maximum Gasteiger partial charge on any atom is 0.416 e. The zero-order valence-electron chi connectivity index (χ0n) is 14.1. The molecule has 1 atom stereocenters. The molecule has 0 aliphatic rings. The van der Waals surface area contributed by atoms with Gasteiger partial charge in [-0.05, 0) is 47.2 Å². The summed E-state index contributed by atoms with van der Waals surface area (Å²) in [5.74, 6) is -0.642. The van der Waals surface area contributed by atoms with Gasteiger partial charge in [0.15, 0.2) is 9.84 Å². The number of hydrogen-bond donors (Lipinski definition) is 1. The maximum absolute atomic E-state index is 12.9. The molecule has 3 aromatic rings. The molecule has 0 spiro atoms. The normalized spacial score (nSPS) is 13.2. The second kappa shape index (κ2) is 8.06. The minimum Gasteiger partial charge on any atom is -0.350 e. The van der Waals surface area contributed by atoms with E-state index in [4.69, 9.17) is 0 Å². The molecule has 28 heavy (non-hydrogen) atoms. The van der Waals surface area contributed by atoms with E-state index in [9.17, 15) is 26.4 Å². The van der Waals surface area contributed by atoms with Crippen molar-refractivity contribution in [1.29, 1.82) is 0 Å². The fourth-order valence-corrected chi connectivity index (χ4v) is 6.49. The quantitative estimate of drug-likeness (QED) is 0.594. The molecule has 0 aliphatic carbocycles. The number of alkyl halides is 3. The Balaban J connectivity index is 1.78.